The molecular formula is C31H37ClN2O2S. The summed E-state index contributed by atoms with van der Waals surface area (Å²) in [6.45, 7) is 10.9. The Bertz CT molecular complexity index is 1170. The summed E-state index contributed by atoms with van der Waals surface area (Å²) in [5.74, 6) is 0.232. The molecule has 0 aromatic heterocycles. The van der Waals surface area contributed by atoms with E-state index in [0.29, 0.717) is 18.1 Å². The van der Waals surface area contributed by atoms with Gasteiger partial charge in [-0.25, -0.2) is 4.79 Å². The van der Waals surface area contributed by atoms with Gasteiger partial charge in [0.25, 0.3) is 0 Å². The van der Waals surface area contributed by atoms with Crippen molar-refractivity contribution in [3.05, 3.63) is 88.9 Å². The Labute approximate surface area is 230 Å². The quantitative estimate of drug-likeness (QED) is 0.232. The molecule has 3 aromatic rings. The van der Waals surface area contributed by atoms with Crippen molar-refractivity contribution in [2.24, 2.45) is 5.92 Å². The summed E-state index contributed by atoms with van der Waals surface area (Å²) in [6.07, 6.45) is 2.16. The number of piperidine rings is 1. The second-order valence-corrected chi connectivity index (χ2v) is 12.6. The molecule has 3 aromatic carbocycles. The highest BCUT2D eigenvalue weighted by Gasteiger charge is 2.30. The number of hydrogen-bond acceptors (Lipinski definition) is 5. The third kappa shape index (κ3) is 7.31. The molecule has 1 saturated heterocycles. The van der Waals surface area contributed by atoms with Crippen LogP contribution in [0.25, 0.3) is 11.1 Å². The smallest absolute Gasteiger partial charge is 0.338 e. The molecule has 1 aliphatic rings. The molecule has 0 bridgehead atoms. The lowest BCUT2D eigenvalue weighted by atomic mass is 9.83. The monoisotopic (exact) mass is 536 g/mol. The summed E-state index contributed by atoms with van der Waals surface area (Å²) in [7, 11) is 0. The Kier molecular flexibility index (Phi) is 9.22. The van der Waals surface area contributed by atoms with Crippen molar-refractivity contribution in [2.75, 3.05) is 24.6 Å². The van der Waals surface area contributed by atoms with Gasteiger partial charge in [-0.15, -0.1) is 0 Å². The van der Waals surface area contributed by atoms with Crippen molar-refractivity contribution < 1.29 is 9.53 Å². The Hall–Kier alpha value is -2.47. The normalized spacial score (nSPS) is 15.4. The molecule has 6 heteroatoms. The van der Waals surface area contributed by atoms with Crippen LogP contribution < -0.4 is 9.62 Å². The summed E-state index contributed by atoms with van der Waals surface area (Å²) in [5.41, 5.74) is 5.53. The Morgan fingerprint density at radius 3 is 2.30 bits per heavy atom. The Balaban J connectivity index is 1.53. The minimum atomic E-state index is -0.266. The third-order valence-electron chi connectivity index (χ3n) is 6.70. The maximum atomic E-state index is 12.0. The lowest BCUT2D eigenvalue weighted by Crippen LogP contribution is -2.38. The van der Waals surface area contributed by atoms with Crippen molar-refractivity contribution >= 4 is 35.2 Å². The van der Waals surface area contributed by atoms with Crippen LogP contribution in [0.3, 0.4) is 0 Å². The van der Waals surface area contributed by atoms with Crippen LogP contribution in [0.4, 0.5) is 5.69 Å². The largest absolute Gasteiger partial charge is 0.462 e. The number of ether oxygens (including phenoxy) is 1. The molecule has 1 fully saturated rings. The van der Waals surface area contributed by atoms with Crippen LogP contribution in [0.5, 0.6) is 0 Å². The van der Waals surface area contributed by atoms with E-state index in [1.54, 1.807) is 0 Å². The zero-order valence-corrected chi connectivity index (χ0v) is 23.7. The molecule has 0 radical (unpaired) electrons. The Morgan fingerprint density at radius 2 is 1.68 bits per heavy atom. The van der Waals surface area contributed by atoms with Crippen LogP contribution in [0, 0.1) is 5.92 Å². The third-order valence-corrected chi connectivity index (χ3v) is 7.93. The van der Waals surface area contributed by atoms with Gasteiger partial charge in [-0.3, -0.25) is 4.72 Å². The van der Waals surface area contributed by atoms with Crippen molar-refractivity contribution in [1.29, 1.82) is 0 Å². The van der Waals surface area contributed by atoms with Gasteiger partial charge in [-0.05, 0) is 99.5 Å². The lowest BCUT2D eigenvalue weighted by Gasteiger charge is -2.39. The van der Waals surface area contributed by atoms with Crippen LogP contribution in [0.1, 0.15) is 62.5 Å². The number of halogens is 1. The van der Waals surface area contributed by atoms with E-state index in [1.807, 2.05) is 55.3 Å². The molecule has 1 heterocycles. The SMILES string of the molecule is CCOC(=O)c1ccc(N2CCC(C(NSC(C)(C)C)c3ccccc3-c3ccc(Cl)cc3)CC2)cc1. The van der Waals surface area contributed by atoms with Gasteiger partial charge in [0.15, 0.2) is 0 Å². The van der Waals surface area contributed by atoms with E-state index in [9.17, 15) is 4.79 Å². The van der Waals surface area contributed by atoms with Gasteiger partial charge in [0.1, 0.15) is 0 Å². The van der Waals surface area contributed by atoms with E-state index in [4.69, 9.17) is 16.3 Å². The second-order valence-electron chi connectivity index (χ2n) is 10.5. The molecule has 0 saturated carbocycles. The second kappa shape index (κ2) is 12.4. The van der Waals surface area contributed by atoms with Crippen molar-refractivity contribution in [3.63, 3.8) is 0 Å². The van der Waals surface area contributed by atoms with Gasteiger partial charge < -0.3 is 9.64 Å². The summed E-state index contributed by atoms with van der Waals surface area (Å²) in [5, 5.41) is 0.752. The molecule has 1 N–H and O–H groups in total. The van der Waals surface area contributed by atoms with E-state index in [2.05, 4.69) is 66.8 Å². The summed E-state index contributed by atoms with van der Waals surface area (Å²) in [6, 6.07) is 24.9. The molecule has 196 valence electrons. The number of nitrogens with zero attached hydrogens (tertiary/aromatic N) is 1. The number of benzene rings is 3. The topological polar surface area (TPSA) is 41.6 Å². The standard InChI is InChI=1S/C31H37ClN2O2S/c1-5-36-30(35)24-12-16-26(17-13-24)34-20-18-23(19-21-34)29(33-37-31(2,3)4)28-9-7-6-8-27(28)22-10-14-25(32)15-11-22/h6-17,23,29,33H,5,18-21H2,1-4H3. The fraction of sp³-hybridized carbons (Fsp3) is 0.387. The predicted octanol–water partition coefficient (Wildman–Crippen LogP) is 8.18. The highest BCUT2D eigenvalue weighted by Crippen LogP contribution is 2.39. The highest BCUT2D eigenvalue weighted by atomic mass is 35.5. The van der Waals surface area contributed by atoms with Crippen LogP contribution in [-0.2, 0) is 4.74 Å². The first kappa shape index (κ1) is 27.6. The first-order valence-corrected chi connectivity index (χ1v) is 14.2. The number of nitrogens with one attached hydrogen (secondary N) is 1. The minimum Gasteiger partial charge on any atom is -0.462 e. The molecule has 37 heavy (non-hydrogen) atoms. The van der Waals surface area contributed by atoms with E-state index >= 15 is 0 Å². The van der Waals surface area contributed by atoms with Crippen molar-refractivity contribution in [3.8, 4) is 11.1 Å². The first-order valence-electron chi connectivity index (χ1n) is 13.1. The maximum Gasteiger partial charge on any atom is 0.338 e. The molecule has 4 nitrogen and oxygen atoms in total. The lowest BCUT2D eigenvalue weighted by molar-refractivity contribution is 0.0526. The van der Waals surface area contributed by atoms with Gasteiger partial charge >= 0.3 is 5.97 Å². The van der Waals surface area contributed by atoms with E-state index in [0.717, 1.165) is 36.6 Å². The molecule has 1 aliphatic heterocycles. The van der Waals surface area contributed by atoms with Crippen LogP contribution in [-0.4, -0.2) is 30.4 Å². The molecule has 0 amide bonds. The highest BCUT2D eigenvalue weighted by molar-refractivity contribution is 7.98. The minimum absolute atomic E-state index is 0.106. The van der Waals surface area contributed by atoms with Gasteiger partial charge in [-0.2, -0.15) is 0 Å². The Morgan fingerprint density at radius 1 is 1.03 bits per heavy atom. The first-order chi connectivity index (χ1) is 17.7. The molecule has 0 spiro atoms. The molecule has 1 unspecified atom stereocenters. The van der Waals surface area contributed by atoms with Gasteiger partial charge in [0.05, 0.1) is 12.2 Å². The van der Waals surface area contributed by atoms with Gasteiger partial charge in [-0.1, -0.05) is 59.9 Å². The van der Waals surface area contributed by atoms with E-state index in [1.165, 1.54) is 16.7 Å². The number of carbonyl (C=O) groups is 1. The fourth-order valence-electron chi connectivity index (χ4n) is 4.83. The van der Waals surface area contributed by atoms with E-state index < -0.39 is 0 Å². The van der Waals surface area contributed by atoms with Crippen molar-refractivity contribution in [1.82, 2.24) is 4.72 Å². The van der Waals surface area contributed by atoms with Crippen LogP contribution in [0.2, 0.25) is 5.02 Å². The zero-order chi connectivity index (χ0) is 26.4. The summed E-state index contributed by atoms with van der Waals surface area (Å²) >= 11 is 8.00. The van der Waals surface area contributed by atoms with Gasteiger partial charge in [0, 0.05) is 34.6 Å². The molecule has 0 aliphatic carbocycles. The number of hydrogen-bond donors (Lipinski definition) is 1. The van der Waals surface area contributed by atoms with Crippen LogP contribution in [0.15, 0.2) is 72.8 Å². The maximum absolute atomic E-state index is 12.0. The van der Waals surface area contributed by atoms with E-state index in [-0.39, 0.29) is 16.8 Å². The number of anilines is 1. The molecule has 4 rings (SSSR count). The molecular weight excluding hydrogens is 500 g/mol. The number of rotatable bonds is 8. The average molecular weight is 537 g/mol. The average Bonchev–Trinajstić information content (AvgIpc) is 2.90. The number of esters is 1. The zero-order valence-electron chi connectivity index (χ0n) is 22.2. The van der Waals surface area contributed by atoms with Crippen molar-refractivity contribution in [2.45, 2.75) is 51.3 Å². The predicted molar refractivity (Wildman–Crippen MR) is 157 cm³/mol. The fourth-order valence-corrected chi connectivity index (χ4v) is 5.75. The summed E-state index contributed by atoms with van der Waals surface area (Å²) < 4.78 is 9.10. The molecule has 1 atom stereocenters. The van der Waals surface area contributed by atoms with Crippen LogP contribution >= 0.6 is 23.5 Å². The number of carbonyl (C=O) groups excluding carboxylic acids is 1. The summed E-state index contributed by atoms with van der Waals surface area (Å²) in [4.78, 5) is 14.4. The van der Waals surface area contributed by atoms with Gasteiger partial charge in [0.2, 0.25) is 0 Å².